The summed E-state index contributed by atoms with van der Waals surface area (Å²) in [6.45, 7) is 2.61. The lowest BCUT2D eigenvalue weighted by Gasteiger charge is -2.18. The fraction of sp³-hybridized carbons (Fsp3) is 0.417. The summed E-state index contributed by atoms with van der Waals surface area (Å²) in [6, 6.07) is 2.05. The Morgan fingerprint density at radius 2 is 2.26 bits per heavy atom. The number of nitrogens with two attached hydrogens (primary N) is 1. The Balaban J connectivity index is 2.30. The van der Waals surface area contributed by atoms with Crippen LogP contribution < -0.4 is 16.0 Å². The summed E-state index contributed by atoms with van der Waals surface area (Å²) in [5, 5.41) is 3.59. The van der Waals surface area contributed by atoms with E-state index in [1.54, 1.807) is 18.4 Å². The van der Waals surface area contributed by atoms with Crippen LogP contribution in [-0.2, 0) is 4.79 Å². The zero-order valence-electron chi connectivity index (χ0n) is 11.2. The lowest BCUT2D eigenvalue weighted by Crippen LogP contribution is -2.27. The number of nitrogens with zero attached hydrogens (tertiary/aromatic N) is 3. The summed E-state index contributed by atoms with van der Waals surface area (Å²) in [4.78, 5) is 23.8. The first-order valence-electron chi connectivity index (χ1n) is 5.96. The number of carbonyl (C=O) groups excluding carboxylic acids is 1. The third kappa shape index (κ3) is 2.93. The number of rotatable bonds is 4. The Morgan fingerprint density at radius 1 is 1.53 bits per heavy atom. The second-order valence-electron chi connectivity index (χ2n) is 4.33. The Morgan fingerprint density at radius 3 is 2.95 bits per heavy atom. The Bertz CT molecular complexity index is 609. The fourth-order valence-electron chi connectivity index (χ4n) is 1.83. The Hall–Kier alpha value is -1.89. The molecular formula is C12H17N5OS. The van der Waals surface area contributed by atoms with Crippen molar-refractivity contribution < 1.29 is 4.79 Å². The van der Waals surface area contributed by atoms with Gasteiger partial charge in [-0.1, -0.05) is 0 Å². The van der Waals surface area contributed by atoms with Gasteiger partial charge < -0.3 is 16.0 Å². The molecule has 19 heavy (non-hydrogen) atoms. The molecular weight excluding hydrogens is 262 g/mol. The number of nitrogens with one attached hydrogen (secondary N) is 1. The highest BCUT2D eigenvalue weighted by Crippen LogP contribution is 2.30. The van der Waals surface area contributed by atoms with E-state index in [-0.39, 0.29) is 11.9 Å². The first-order chi connectivity index (χ1) is 9.01. The van der Waals surface area contributed by atoms with E-state index in [9.17, 15) is 4.79 Å². The molecule has 2 heterocycles. The number of carbonyl (C=O) groups is 1. The predicted molar refractivity (Wildman–Crippen MR) is 78.5 cm³/mol. The molecule has 0 aliphatic heterocycles. The molecule has 0 radical (unpaired) electrons. The van der Waals surface area contributed by atoms with E-state index in [1.807, 2.05) is 24.9 Å². The molecule has 0 saturated carbocycles. The van der Waals surface area contributed by atoms with Gasteiger partial charge in [0.2, 0.25) is 11.9 Å². The molecule has 0 aromatic carbocycles. The molecule has 3 N–H and O–H groups in total. The van der Waals surface area contributed by atoms with Gasteiger partial charge in [-0.05, 0) is 13.0 Å². The van der Waals surface area contributed by atoms with Crippen molar-refractivity contribution in [2.24, 2.45) is 0 Å². The highest BCUT2D eigenvalue weighted by Gasteiger charge is 2.13. The van der Waals surface area contributed by atoms with Crippen molar-refractivity contribution in [2.45, 2.75) is 13.3 Å². The molecule has 0 atom stereocenters. The zero-order chi connectivity index (χ0) is 14.0. The predicted octanol–water partition coefficient (Wildman–Crippen LogP) is 1.15. The molecule has 2 rings (SSSR count). The molecule has 0 bridgehead atoms. The van der Waals surface area contributed by atoms with Crippen molar-refractivity contribution in [3.63, 3.8) is 0 Å². The van der Waals surface area contributed by atoms with Crippen LogP contribution in [0.5, 0.6) is 0 Å². The van der Waals surface area contributed by atoms with Crippen LogP contribution in [0.2, 0.25) is 0 Å². The minimum absolute atomic E-state index is 0.00613. The van der Waals surface area contributed by atoms with Crippen LogP contribution in [0, 0.1) is 6.92 Å². The molecule has 2 aromatic rings. The van der Waals surface area contributed by atoms with E-state index >= 15 is 0 Å². The Kier molecular flexibility index (Phi) is 3.84. The second-order valence-corrected chi connectivity index (χ2v) is 5.56. The molecule has 0 fully saturated rings. The first-order valence-corrected chi connectivity index (χ1v) is 6.78. The standard InChI is InChI=1S/C12H17N5OS/c1-7-6-8-10(15-12(13)16-11(8)19-7)17(3)5-4-9(18)14-2/h6H,4-5H2,1-3H3,(H,14,18)(H2,13,15,16). The maximum absolute atomic E-state index is 11.3. The van der Waals surface area contributed by atoms with Crippen molar-refractivity contribution in [3.05, 3.63) is 10.9 Å². The Labute approximate surface area is 115 Å². The average molecular weight is 279 g/mol. The number of amides is 1. The lowest BCUT2D eigenvalue weighted by molar-refractivity contribution is -0.120. The molecule has 7 heteroatoms. The molecule has 6 nitrogen and oxygen atoms in total. The lowest BCUT2D eigenvalue weighted by atomic mass is 10.3. The van der Waals surface area contributed by atoms with Crippen molar-refractivity contribution in [1.82, 2.24) is 15.3 Å². The molecule has 0 unspecified atom stereocenters. The van der Waals surface area contributed by atoms with Gasteiger partial charge in [0.05, 0.1) is 5.39 Å². The highest BCUT2D eigenvalue weighted by molar-refractivity contribution is 7.18. The van der Waals surface area contributed by atoms with Crippen LogP contribution in [0.1, 0.15) is 11.3 Å². The van der Waals surface area contributed by atoms with Crippen molar-refractivity contribution in [1.29, 1.82) is 0 Å². The van der Waals surface area contributed by atoms with E-state index in [0.29, 0.717) is 13.0 Å². The van der Waals surface area contributed by atoms with Gasteiger partial charge in [0.15, 0.2) is 0 Å². The van der Waals surface area contributed by atoms with Crippen LogP contribution in [-0.4, -0.2) is 36.5 Å². The zero-order valence-corrected chi connectivity index (χ0v) is 12.0. The van der Waals surface area contributed by atoms with Crippen LogP contribution >= 0.6 is 11.3 Å². The average Bonchev–Trinajstić information content (AvgIpc) is 2.74. The smallest absolute Gasteiger partial charge is 0.223 e. The van der Waals surface area contributed by atoms with Crippen LogP contribution in [0.4, 0.5) is 11.8 Å². The number of aryl methyl sites for hydroxylation is 1. The summed E-state index contributed by atoms with van der Waals surface area (Å²) in [5.41, 5.74) is 5.73. The number of nitrogen functional groups attached to an aromatic ring is 1. The number of aromatic nitrogens is 2. The highest BCUT2D eigenvalue weighted by atomic mass is 32.1. The van der Waals surface area contributed by atoms with Crippen molar-refractivity contribution >= 4 is 39.2 Å². The van der Waals surface area contributed by atoms with Gasteiger partial charge in [-0.15, -0.1) is 11.3 Å². The molecule has 2 aromatic heterocycles. The van der Waals surface area contributed by atoms with Crippen molar-refractivity contribution in [2.75, 3.05) is 31.3 Å². The summed E-state index contributed by atoms with van der Waals surface area (Å²) in [5.74, 6) is 1.04. The summed E-state index contributed by atoms with van der Waals surface area (Å²) >= 11 is 1.59. The third-order valence-corrected chi connectivity index (χ3v) is 3.77. The topological polar surface area (TPSA) is 84.1 Å². The van der Waals surface area contributed by atoms with Gasteiger partial charge in [0.25, 0.3) is 0 Å². The quantitative estimate of drug-likeness (QED) is 0.877. The molecule has 0 spiro atoms. The molecule has 102 valence electrons. The molecule has 0 aliphatic rings. The largest absolute Gasteiger partial charge is 0.368 e. The third-order valence-electron chi connectivity index (χ3n) is 2.83. The summed E-state index contributed by atoms with van der Waals surface area (Å²) in [6.07, 6.45) is 0.418. The molecule has 1 amide bonds. The van der Waals surface area contributed by atoms with Crippen LogP contribution in [0.15, 0.2) is 6.07 Å². The van der Waals surface area contributed by atoms with Gasteiger partial charge in [-0.3, -0.25) is 4.79 Å². The maximum Gasteiger partial charge on any atom is 0.223 e. The number of hydrogen-bond donors (Lipinski definition) is 2. The van der Waals surface area contributed by atoms with E-state index in [0.717, 1.165) is 20.9 Å². The minimum atomic E-state index is 0.00613. The van der Waals surface area contributed by atoms with Gasteiger partial charge in [0, 0.05) is 31.9 Å². The summed E-state index contributed by atoms with van der Waals surface area (Å²) < 4.78 is 0. The van der Waals surface area contributed by atoms with Gasteiger partial charge in [-0.2, -0.15) is 4.98 Å². The van der Waals surface area contributed by atoms with Gasteiger partial charge in [0.1, 0.15) is 10.6 Å². The number of fused-ring (bicyclic) bond motifs is 1. The minimum Gasteiger partial charge on any atom is -0.368 e. The first kappa shape index (κ1) is 13.5. The molecule has 0 aliphatic carbocycles. The van der Waals surface area contributed by atoms with E-state index in [4.69, 9.17) is 5.73 Å². The number of hydrogen-bond acceptors (Lipinski definition) is 6. The van der Waals surface area contributed by atoms with Gasteiger partial charge in [-0.25, -0.2) is 4.98 Å². The van der Waals surface area contributed by atoms with Gasteiger partial charge >= 0.3 is 0 Å². The van der Waals surface area contributed by atoms with Crippen LogP contribution in [0.3, 0.4) is 0 Å². The molecule has 0 saturated heterocycles. The van der Waals surface area contributed by atoms with Crippen LogP contribution in [0.25, 0.3) is 10.2 Å². The second kappa shape index (κ2) is 5.40. The van der Waals surface area contributed by atoms with E-state index in [1.165, 1.54) is 0 Å². The fourth-order valence-corrected chi connectivity index (χ4v) is 2.72. The summed E-state index contributed by atoms with van der Waals surface area (Å²) in [7, 11) is 3.53. The van der Waals surface area contributed by atoms with E-state index < -0.39 is 0 Å². The SMILES string of the molecule is CNC(=O)CCN(C)c1nc(N)nc2sc(C)cc12. The number of anilines is 2. The monoisotopic (exact) mass is 279 g/mol. The van der Waals surface area contributed by atoms with E-state index in [2.05, 4.69) is 15.3 Å². The normalized spacial score (nSPS) is 10.7. The maximum atomic E-state index is 11.3. The van der Waals surface area contributed by atoms with Crippen molar-refractivity contribution in [3.8, 4) is 0 Å². The number of thiophene rings is 1.